The second-order valence-electron chi connectivity index (χ2n) is 7.64. The lowest BCUT2D eigenvalue weighted by molar-refractivity contribution is -0.122. The van der Waals surface area contributed by atoms with Crippen LogP contribution >= 0.6 is 12.2 Å². The van der Waals surface area contributed by atoms with E-state index in [4.69, 9.17) is 17.0 Å². The summed E-state index contributed by atoms with van der Waals surface area (Å²) in [4.78, 5) is 27.0. The Morgan fingerprint density at radius 1 is 0.900 bits per heavy atom. The molecule has 0 spiro atoms. The molecule has 1 aliphatic carbocycles. The van der Waals surface area contributed by atoms with E-state index in [1.54, 1.807) is 24.3 Å². The fourth-order valence-corrected chi connectivity index (χ4v) is 4.19. The fourth-order valence-electron chi connectivity index (χ4n) is 3.91. The molecule has 6 heteroatoms. The van der Waals surface area contributed by atoms with Crippen LogP contribution in [0.3, 0.4) is 0 Å². The molecule has 0 aromatic heterocycles. The van der Waals surface area contributed by atoms with Crippen molar-refractivity contribution in [3.63, 3.8) is 0 Å². The number of para-hydroxylation sites is 1. The summed E-state index contributed by atoms with van der Waals surface area (Å²) in [5.74, 6) is 0.862. The van der Waals surface area contributed by atoms with Gasteiger partial charge in [-0.05, 0) is 67.4 Å². The first kappa shape index (κ1) is 20.3. The summed E-state index contributed by atoms with van der Waals surface area (Å²) in [6.45, 7) is 0. The van der Waals surface area contributed by atoms with Gasteiger partial charge in [-0.2, -0.15) is 0 Å². The maximum atomic E-state index is 13.2. The van der Waals surface area contributed by atoms with E-state index in [0.717, 1.165) is 31.4 Å². The van der Waals surface area contributed by atoms with E-state index in [2.05, 4.69) is 5.32 Å². The van der Waals surface area contributed by atoms with Crippen LogP contribution in [-0.2, 0) is 9.59 Å². The molecule has 154 valence electrons. The number of anilines is 1. The molecule has 0 unspecified atom stereocenters. The Hall–Kier alpha value is -2.99. The molecule has 2 aromatic rings. The first-order chi connectivity index (χ1) is 14.6. The van der Waals surface area contributed by atoms with Crippen LogP contribution in [0, 0.1) is 5.92 Å². The number of rotatable bonds is 4. The number of benzene rings is 2. The van der Waals surface area contributed by atoms with Gasteiger partial charge in [0.15, 0.2) is 5.11 Å². The SMILES string of the molecule is O=C1NC(=S)N(c2ccc(Oc3ccccc3)cc2)C(=O)/C1=C/C1CCCCCC1. The molecule has 5 nitrogen and oxygen atoms in total. The number of thiocarbonyl (C=S) groups is 1. The molecule has 1 saturated carbocycles. The smallest absolute Gasteiger partial charge is 0.269 e. The molecule has 2 aliphatic rings. The normalized spacial score (nSPS) is 19.5. The summed E-state index contributed by atoms with van der Waals surface area (Å²) < 4.78 is 5.81. The zero-order valence-electron chi connectivity index (χ0n) is 16.7. The molecule has 0 bridgehead atoms. The van der Waals surface area contributed by atoms with Crippen molar-refractivity contribution >= 4 is 34.8 Å². The second kappa shape index (κ2) is 9.22. The van der Waals surface area contributed by atoms with Crippen molar-refractivity contribution in [2.45, 2.75) is 38.5 Å². The Balaban J connectivity index is 1.54. The average molecular weight is 421 g/mol. The van der Waals surface area contributed by atoms with Crippen molar-refractivity contribution in [2.75, 3.05) is 4.90 Å². The van der Waals surface area contributed by atoms with Crippen LogP contribution in [0.25, 0.3) is 0 Å². The molecule has 1 aliphatic heterocycles. The summed E-state index contributed by atoms with van der Waals surface area (Å²) >= 11 is 5.29. The lowest BCUT2D eigenvalue weighted by Gasteiger charge is -2.29. The molecule has 1 heterocycles. The summed E-state index contributed by atoms with van der Waals surface area (Å²) in [5, 5.41) is 2.76. The third kappa shape index (κ3) is 4.60. The largest absolute Gasteiger partial charge is 0.457 e. The molecule has 2 fully saturated rings. The Labute approximate surface area is 181 Å². The van der Waals surface area contributed by atoms with Gasteiger partial charge in [-0.1, -0.05) is 50.0 Å². The van der Waals surface area contributed by atoms with Gasteiger partial charge >= 0.3 is 0 Å². The van der Waals surface area contributed by atoms with Gasteiger partial charge in [0.05, 0.1) is 5.69 Å². The fraction of sp³-hybridized carbons (Fsp3) is 0.292. The average Bonchev–Trinajstić information content (AvgIpc) is 3.02. The van der Waals surface area contributed by atoms with E-state index in [-0.39, 0.29) is 22.5 Å². The summed E-state index contributed by atoms with van der Waals surface area (Å²) in [7, 11) is 0. The Morgan fingerprint density at radius 2 is 1.53 bits per heavy atom. The monoisotopic (exact) mass is 420 g/mol. The van der Waals surface area contributed by atoms with Crippen molar-refractivity contribution in [3.8, 4) is 11.5 Å². The highest BCUT2D eigenvalue weighted by atomic mass is 32.1. The van der Waals surface area contributed by atoms with Gasteiger partial charge in [0, 0.05) is 0 Å². The Morgan fingerprint density at radius 3 is 2.20 bits per heavy atom. The second-order valence-corrected chi connectivity index (χ2v) is 8.03. The lowest BCUT2D eigenvalue weighted by Crippen LogP contribution is -2.54. The van der Waals surface area contributed by atoms with Crippen LogP contribution in [0.4, 0.5) is 5.69 Å². The van der Waals surface area contributed by atoms with Gasteiger partial charge in [0.25, 0.3) is 11.8 Å². The first-order valence-electron chi connectivity index (χ1n) is 10.4. The van der Waals surface area contributed by atoms with Crippen molar-refractivity contribution in [3.05, 3.63) is 66.2 Å². The quantitative estimate of drug-likeness (QED) is 0.323. The molecule has 30 heavy (non-hydrogen) atoms. The highest BCUT2D eigenvalue weighted by Crippen LogP contribution is 2.29. The number of nitrogens with one attached hydrogen (secondary N) is 1. The topological polar surface area (TPSA) is 58.6 Å². The van der Waals surface area contributed by atoms with Crippen molar-refractivity contribution in [1.82, 2.24) is 5.32 Å². The van der Waals surface area contributed by atoms with E-state index in [1.807, 2.05) is 36.4 Å². The van der Waals surface area contributed by atoms with Crippen LogP contribution < -0.4 is 15.0 Å². The van der Waals surface area contributed by atoms with Crippen LogP contribution in [0.2, 0.25) is 0 Å². The van der Waals surface area contributed by atoms with Gasteiger partial charge in [-0.25, -0.2) is 0 Å². The molecule has 1 N–H and O–H groups in total. The standard InChI is InChI=1S/C24H24N2O3S/c27-22-21(16-17-8-4-1-2-5-9-17)23(28)26(24(30)25-22)18-12-14-20(15-13-18)29-19-10-6-3-7-11-19/h3,6-7,10-17H,1-2,4-5,8-9H2,(H,25,27,30)/b21-16+. The minimum Gasteiger partial charge on any atom is -0.457 e. The number of allylic oxidation sites excluding steroid dienone is 1. The Bertz CT molecular complexity index is 962. The number of carbonyl (C=O) groups is 2. The van der Waals surface area contributed by atoms with Gasteiger partial charge in [0.2, 0.25) is 0 Å². The van der Waals surface area contributed by atoms with Crippen molar-refractivity contribution < 1.29 is 14.3 Å². The highest BCUT2D eigenvalue weighted by molar-refractivity contribution is 7.80. The maximum absolute atomic E-state index is 13.2. The summed E-state index contributed by atoms with van der Waals surface area (Å²) in [6, 6.07) is 16.6. The minimum atomic E-state index is -0.408. The number of amides is 2. The first-order valence-corrected chi connectivity index (χ1v) is 10.8. The summed E-state index contributed by atoms with van der Waals surface area (Å²) in [6.07, 6.45) is 8.58. The molecule has 0 atom stereocenters. The number of hydrogen-bond donors (Lipinski definition) is 1. The third-order valence-corrected chi connectivity index (χ3v) is 5.76. The molecule has 2 aromatic carbocycles. The van der Waals surface area contributed by atoms with Gasteiger partial charge in [-0.15, -0.1) is 0 Å². The number of carbonyl (C=O) groups excluding carboxylic acids is 2. The Kier molecular flexibility index (Phi) is 6.23. The molecule has 0 radical (unpaired) electrons. The van der Waals surface area contributed by atoms with E-state index in [0.29, 0.717) is 11.4 Å². The molecule has 2 amide bonds. The van der Waals surface area contributed by atoms with Crippen LogP contribution in [0.15, 0.2) is 66.2 Å². The molecule has 1 saturated heterocycles. The molecule has 4 rings (SSSR count). The van der Waals surface area contributed by atoms with Gasteiger partial charge in [0.1, 0.15) is 17.1 Å². The maximum Gasteiger partial charge on any atom is 0.269 e. The van der Waals surface area contributed by atoms with E-state index < -0.39 is 5.91 Å². The third-order valence-electron chi connectivity index (χ3n) is 5.48. The van der Waals surface area contributed by atoms with E-state index >= 15 is 0 Å². The summed E-state index contributed by atoms with van der Waals surface area (Å²) in [5.41, 5.74) is 0.775. The van der Waals surface area contributed by atoms with Crippen LogP contribution in [0.1, 0.15) is 38.5 Å². The zero-order valence-corrected chi connectivity index (χ0v) is 17.5. The highest BCUT2D eigenvalue weighted by Gasteiger charge is 2.35. The lowest BCUT2D eigenvalue weighted by atomic mass is 9.96. The predicted molar refractivity (Wildman–Crippen MR) is 120 cm³/mol. The minimum absolute atomic E-state index is 0.0970. The number of hydrogen-bond acceptors (Lipinski definition) is 4. The molecular weight excluding hydrogens is 396 g/mol. The molecular formula is C24H24N2O3S. The van der Waals surface area contributed by atoms with Crippen LogP contribution in [-0.4, -0.2) is 16.9 Å². The zero-order chi connectivity index (χ0) is 20.9. The van der Waals surface area contributed by atoms with Gasteiger partial charge in [-0.3, -0.25) is 19.8 Å². The van der Waals surface area contributed by atoms with E-state index in [9.17, 15) is 9.59 Å². The van der Waals surface area contributed by atoms with E-state index in [1.165, 1.54) is 17.7 Å². The van der Waals surface area contributed by atoms with Crippen molar-refractivity contribution in [2.24, 2.45) is 5.92 Å². The van der Waals surface area contributed by atoms with Crippen molar-refractivity contribution in [1.29, 1.82) is 0 Å². The number of nitrogens with zero attached hydrogens (tertiary/aromatic N) is 1. The number of ether oxygens (including phenoxy) is 1. The van der Waals surface area contributed by atoms with Crippen LogP contribution in [0.5, 0.6) is 11.5 Å². The predicted octanol–water partition coefficient (Wildman–Crippen LogP) is 5.12. The van der Waals surface area contributed by atoms with Gasteiger partial charge < -0.3 is 4.74 Å².